The van der Waals surface area contributed by atoms with E-state index in [-0.39, 0.29) is 35.4 Å². The SMILES string of the molecule is COc1cc2cc(c1OC)CCCNC(=O)CCC[C@H]1[C@@H]3C[C@@H](CN(C(=O)c4nc5cc(C)ccn5c4F)C3)CN1C(=O)CC2. The Balaban J connectivity index is 1.23. The lowest BCUT2D eigenvalue weighted by Crippen LogP contribution is -2.60. The van der Waals surface area contributed by atoms with E-state index in [0.717, 1.165) is 29.5 Å². The van der Waals surface area contributed by atoms with Crippen LogP contribution in [-0.2, 0) is 22.4 Å². The van der Waals surface area contributed by atoms with Crippen LogP contribution in [0.3, 0.4) is 0 Å². The topological polar surface area (TPSA) is 105 Å². The molecule has 11 heteroatoms. The van der Waals surface area contributed by atoms with E-state index in [0.29, 0.717) is 81.9 Å². The summed E-state index contributed by atoms with van der Waals surface area (Å²) in [5.41, 5.74) is 3.17. The number of piperidine rings is 2. The molecular weight excluding hydrogens is 577 g/mol. The average Bonchev–Trinajstić information content (AvgIpc) is 3.36. The molecule has 3 aliphatic rings. The second-order valence-corrected chi connectivity index (χ2v) is 12.7. The van der Waals surface area contributed by atoms with Crippen molar-refractivity contribution < 1.29 is 28.2 Å². The summed E-state index contributed by atoms with van der Waals surface area (Å²) in [6.07, 6.45) is 6.54. The number of likely N-dealkylation sites (tertiary alicyclic amines) is 1. The molecular formula is C34H42FN5O5. The molecule has 3 atom stereocenters. The number of ether oxygens (including phenoxy) is 2. The highest BCUT2D eigenvalue weighted by molar-refractivity contribution is 5.93. The molecule has 2 fully saturated rings. The van der Waals surface area contributed by atoms with E-state index in [2.05, 4.69) is 16.4 Å². The number of carbonyl (C=O) groups excluding carboxylic acids is 3. The molecule has 5 heterocycles. The fourth-order valence-electron chi connectivity index (χ4n) is 7.47. The predicted molar refractivity (Wildman–Crippen MR) is 166 cm³/mol. The lowest BCUT2D eigenvalue weighted by molar-refractivity contribution is -0.140. The van der Waals surface area contributed by atoms with Crippen molar-refractivity contribution in [1.82, 2.24) is 24.5 Å². The molecule has 6 rings (SSSR count). The Hall–Kier alpha value is -4.15. The van der Waals surface area contributed by atoms with Gasteiger partial charge in [-0.1, -0.05) is 6.07 Å². The van der Waals surface area contributed by atoms with Crippen LogP contribution in [0.15, 0.2) is 30.5 Å². The number of nitrogens with one attached hydrogen (secondary N) is 1. The summed E-state index contributed by atoms with van der Waals surface area (Å²) >= 11 is 0. The minimum absolute atomic E-state index is 0.00929. The number of carbonyl (C=O) groups is 3. The molecule has 0 saturated carbocycles. The predicted octanol–water partition coefficient (Wildman–Crippen LogP) is 3.95. The third kappa shape index (κ3) is 6.35. The Morgan fingerprint density at radius 3 is 2.67 bits per heavy atom. The summed E-state index contributed by atoms with van der Waals surface area (Å²) in [4.78, 5) is 48.3. The number of hydrogen-bond donors (Lipinski definition) is 1. The summed E-state index contributed by atoms with van der Waals surface area (Å²) in [6, 6.07) is 7.44. The number of aromatic nitrogens is 2. The molecule has 3 aromatic rings. The number of fused-ring (bicyclic) bond motifs is 7. The van der Waals surface area contributed by atoms with Crippen LogP contribution in [0.25, 0.3) is 5.65 Å². The fourth-order valence-corrected chi connectivity index (χ4v) is 7.47. The van der Waals surface area contributed by atoms with Gasteiger partial charge in [0, 0.05) is 51.3 Å². The maximum Gasteiger partial charge on any atom is 0.277 e. The first kappa shape index (κ1) is 30.9. The highest BCUT2D eigenvalue weighted by Crippen LogP contribution is 2.38. The molecule has 0 aliphatic carbocycles. The van der Waals surface area contributed by atoms with Crippen molar-refractivity contribution in [3.05, 3.63) is 58.8 Å². The Kier molecular flexibility index (Phi) is 8.96. The molecule has 240 valence electrons. The number of aryl methyl sites for hydroxylation is 3. The van der Waals surface area contributed by atoms with Crippen molar-refractivity contribution >= 4 is 23.4 Å². The number of methoxy groups -OCH3 is 2. The van der Waals surface area contributed by atoms with Crippen LogP contribution in [0.5, 0.6) is 11.5 Å². The lowest BCUT2D eigenvalue weighted by Gasteiger charge is -2.51. The Bertz CT molecular complexity index is 1610. The monoisotopic (exact) mass is 619 g/mol. The van der Waals surface area contributed by atoms with Gasteiger partial charge in [0.25, 0.3) is 5.91 Å². The minimum atomic E-state index is -0.656. The number of rotatable bonds is 3. The first-order chi connectivity index (χ1) is 21.7. The number of pyridine rings is 1. The van der Waals surface area contributed by atoms with E-state index in [1.54, 1.807) is 37.4 Å². The zero-order valence-electron chi connectivity index (χ0n) is 26.3. The maximum absolute atomic E-state index is 15.3. The number of halogens is 1. The third-order valence-corrected chi connectivity index (χ3v) is 9.59. The van der Waals surface area contributed by atoms with Gasteiger partial charge in [0.15, 0.2) is 17.2 Å². The van der Waals surface area contributed by atoms with Gasteiger partial charge >= 0.3 is 0 Å². The number of imidazole rings is 1. The van der Waals surface area contributed by atoms with Crippen molar-refractivity contribution in [2.24, 2.45) is 11.8 Å². The van der Waals surface area contributed by atoms with Crippen LogP contribution in [0, 0.1) is 24.7 Å². The quantitative estimate of drug-likeness (QED) is 0.476. The molecule has 2 aromatic heterocycles. The summed E-state index contributed by atoms with van der Waals surface area (Å²) in [6.45, 7) is 3.85. The molecule has 0 unspecified atom stereocenters. The van der Waals surface area contributed by atoms with E-state index >= 15 is 4.39 Å². The van der Waals surface area contributed by atoms with Gasteiger partial charge in [0.05, 0.1) is 14.2 Å². The van der Waals surface area contributed by atoms with Crippen molar-refractivity contribution in [3.8, 4) is 11.5 Å². The standard InChI is InChI=1S/C34H42FN5O5/c1-21-11-13-39-28(14-21)37-31(33(39)35)34(43)38-18-23-16-25(20-38)26-7-4-8-29(41)36-12-5-6-24-15-22(9-10-30(42)40(26)19-23)17-27(44-2)32(24)45-3/h11,13-15,17,23,25-26H,4-10,12,16,18-20H2,1-3H3,(H,36,41)/t23-,25+,26-/m0/s1. The van der Waals surface area contributed by atoms with Gasteiger partial charge in [-0.3, -0.25) is 18.8 Å². The largest absolute Gasteiger partial charge is 0.493 e. The minimum Gasteiger partial charge on any atom is -0.493 e. The molecule has 10 nitrogen and oxygen atoms in total. The second-order valence-electron chi connectivity index (χ2n) is 12.7. The van der Waals surface area contributed by atoms with Crippen LogP contribution < -0.4 is 14.8 Å². The van der Waals surface area contributed by atoms with Crippen LogP contribution in [0.2, 0.25) is 0 Å². The number of hydrogen-bond acceptors (Lipinski definition) is 6. The molecule has 4 bridgehead atoms. The first-order valence-electron chi connectivity index (χ1n) is 16.0. The van der Waals surface area contributed by atoms with E-state index in [9.17, 15) is 14.4 Å². The van der Waals surface area contributed by atoms with Gasteiger partial charge in [-0.05, 0) is 92.2 Å². The van der Waals surface area contributed by atoms with E-state index in [4.69, 9.17) is 9.47 Å². The van der Waals surface area contributed by atoms with Crippen molar-refractivity contribution in [3.63, 3.8) is 0 Å². The van der Waals surface area contributed by atoms with E-state index in [1.807, 2.05) is 17.9 Å². The van der Waals surface area contributed by atoms with Gasteiger partial charge < -0.3 is 24.6 Å². The molecule has 45 heavy (non-hydrogen) atoms. The van der Waals surface area contributed by atoms with Crippen molar-refractivity contribution in [2.75, 3.05) is 40.4 Å². The summed E-state index contributed by atoms with van der Waals surface area (Å²) in [5, 5.41) is 3.03. The molecule has 3 aliphatic heterocycles. The molecule has 1 N–H and O–H groups in total. The highest BCUT2D eigenvalue weighted by Gasteiger charge is 2.44. The van der Waals surface area contributed by atoms with Crippen LogP contribution in [-0.4, -0.2) is 83.3 Å². The number of nitrogens with zero attached hydrogens (tertiary/aromatic N) is 4. The maximum atomic E-state index is 15.3. The normalized spacial score (nSPS) is 23.0. The van der Waals surface area contributed by atoms with Crippen LogP contribution >= 0.6 is 0 Å². The molecule has 2 saturated heterocycles. The fraction of sp³-hybridized carbons (Fsp3) is 0.529. The highest BCUT2D eigenvalue weighted by atomic mass is 19.1. The Morgan fingerprint density at radius 1 is 1.02 bits per heavy atom. The molecule has 0 spiro atoms. The Labute approximate surface area is 262 Å². The van der Waals surface area contributed by atoms with Gasteiger partial charge in [-0.15, -0.1) is 0 Å². The van der Waals surface area contributed by atoms with Crippen LogP contribution in [0.4, 0.5) is 4.39 Å². The van der Waals surface area contributed by atoms with Crippen LogP contribution in [0.1, 0.15) is 65.7 Å². The summed E-state index contributed by atoms with van der Waals surface area (Å²) in [5.74, 6) is 0.418. The summed E-state index contributed by atoms with van der Waals surface area (Å²) in [7, 11) is 3.23. The Morgan fingerprint density at radius 2 is 1.87 bits per heavy atom. The van der Waals surface area contributed by atoms with E-state index < -0.39 is 11.9 Å². The zero-order chi connectivity index (χ0) is 31.7. The molecule has 1 aromatic carbocycles. The van der Waals surface area contributed by atoms with Gasteiger partial charge in [-0.2, -0.15) is 4.39 Å². The average molecular weight is 620 g/mol. The molecule has 0 radical (unpaired) electrons. The number of benzene rings is 1. The molecule has 3 amide bonds. The van der Waals surface area contributed by atoms with Crippen molar-refractivity contribution in [2.45, 2.75) is 64.3 Å². The lowest BCUT2D eigenvalue weighted by atomic mass is 9.77. The van der Waals surface area contributed by atoms with Gasteiger partial charge in [0.2, 0.25) is 17.8 Å². The van der Waals surface area contributed by atoms with Gasteiger partial charge in [0.1, 0.15) is 5.65 Å². The number of amides is 3. The summed E-state index contributed by atoms with van der Waals surface area (Å²) < 4.78 is 27.9. The smallest absolute Gasteiger partial charge is 0.277 e. The van der Waals surface area contributed by atoms with Crippen molar-refractivity contribution in [1.29, 1.82) is 0 Å². The first-order valence-corrected chi connectivity index (χ1v) is 16.0. The van der Waals surface area contributed by atoms with E-state index in [1.165, 1.54) is 4.40 Å². The second kappa shape index (κ2) is 13.1. The zero-order valence-corrected chi connectivity index (χ0v) is 26.3. The third-order valence-electron chi connectivity index (χ3n) is 9.59. The van der Waals surface area contributed by atoms with Gasteiger partial charge in [-0.25, -0.2) is 4.98 Å².